The zero-order chi connectivity index (χ0) is 15.1. The Kier molecular flexibility index (Phi) is 6.51. The Bertz CT molecular complexity index is 437. The van der Waals surface area contributed by atoms with E-state index in [-0.39, 0.29) is 5.91 Å². The Balaban J connectivity index is 2.51. The zero-order valence-corrected chi connectivity index (χ0v) is 13.1. The van der Waals surface area contributed by atoms with Crippen LogP contribution in [0.4, 0.5) is 5.69 Å². The van der Waals surface area contributed by atoms with Gasteiger partial charge in [0.05, 0.1) is 11.4 Å². The van der Waals surface area contributed by atoms with Gasteiger partial charge in [0.25, 0.3) is 5.91 Å². The summed E-state index contributed by atoms with van der Waals surface area (Å²) in [6, 6.07) is 0. The summed E-state index contributed by atoms with van der Waals surface area (Å²) < 4.78 is 1.66. The third-order valence-corrected chi connectivity index (χ3v) is 3.52. The van der Waals surface area contributed by atoms with E-state index in [9.17, 15) is 4.79 Å². The minimum atomic E-state index is -0.135. The molecule has 0 saturated heterocycles. The van der Waals surface area contributed by atoms with Crippen LogP contribution in [0.15, 0.2) is 0 Å². The number of aryl methyl sites for hydroxylation is 2. The predicted molar refractivity (Wildman–Crippen MR) is 81.8 cm³/mol. The van der Waals surface area contributed by atoms with Gasteiger partial charge in [0.15, 0.2) is 0 Å². The topological polar surface area (TPSA) is 76.2 Å². The smallest absolute Gasteiger partial charge is 0.271 e. The molecule has 0 saturated carbocycles. The second-order valence-electron chi connectivity index (χ2n) is 4.80. The Morgan fingerprint density at radius 1 is 1.35 bits per heavy atom. The van der Waals surface area contributed by atoms with Gasteiger partial charge in [-0.1, -0.05) is 13.8 Å². The molecule has 0 atom stereocenters. The van der Waals surface area contributed by atoms with Crippen LogP contribution < -0.4 is 11.1 Å². The van der Waals surface area contributed by atoms with Crippen LogP contribution in [0, 0.1) is 6.92 Å². The molecule has 3 N–H and O–H groups in total. The molecule has 6 heteroatoms. The molecule has 0 unspecified atom stereocenters. The van der Waals surface area contributed by atoms with Crippen molar-refractivity contribution in [1.29, 1.82) is 0 Å². The number of carbonyl (C=O) groups excluding carboxylic acids is 1. The fraction of sp³-hybridized carbons (Fsp3) is 0.714. The van der Waals surface area contributed by atoms with Crippen molar-refractivity contribution in [2.75, 3.05) is 31.9 Å². The normalized spacial score (nSPS) is 11.1. The molecule has 0 radical (unpaired) electrons. The summed E-state index contributed by atoms with van der Waals surface area (Å²) in [5, 5.41) is 7.18. The van der Waals surface area contributed by atoms with E-state index in [1.165, 1.54) is 0 Å². The molecule has 20 heavy (non-hydrogen) atoms. The van der Waals surface area contributed by atoms with Crippen molar-refractivity contribution < 1.29 is 4.79 Å². The number of rotatable bonds is 8. The van der Waals surface area contributed by atoms with Gasteiger partial charge in [0.1, 0.15) is 5.69 Å². The van der Waals surface area contributed by atoms with E-state index in [0.29, 0.717) is 30.2 Å². The van der Waals surface area contributed by atoms with Crippen LogP contribution in [0.1, 0.15) is 43.4 Å². The molecule has 0 aliphatic rings. The van der Waals surface area contributed by atoms with Crippen molar-refractivity contribution in [3.8, 4) is 0 Å². The summed E-state index contributed by atoms with van der Waals surface area (Å²) in [6.45, 7) is 12.4. The number of hydrogen-bond acceptors (Lipinski definition) is 4. The Hall–Kier alpha value is -1.56. The first kappa shape index (κ1) is 16.5. The van der Waals surface area contributed by atoms with Crippen LogP contribution in [-0.2, 0) is 6.54 Å². The standard InChI is InChI=1S/C14H27N5O/c1-5-18(6-2)10-8-9-16-14(20)13-12(15)11(4)17-19(13)7-3/h5-10,15H2,1-4H3,(H,16,20). The third kappa shape index (κ3) is 3.96. The monoisotopic (exact) mass is 281 g/mol. The number of carbonyl (C=O) groups is 1. The number of aromatic nitrogens is 2. The molecule has 0 fully saturated rings. The number of amides is 1. The number of nitrogen functional groups attached to an aromatic ring is 1. The minimum Gasteiger partial charge on any atom is -0.395 e. The lowest BCUT2D eigenvalue weighted by Crippen LogP contribution is -2.31. The highest BCUT2D eigenvalue weighted by Crippen LogP contribution is 2.15. The van der Waals surface area contributed by atoms with Crippen LogP contribution in [-0.4, -0.2) is 46.8 Å². The molecule has 6 nitrogen and oxygen atoms in total. The van der Waals surface area contributed by atoms with Gasteiger partial charge < -0.3 is 16.0 Å². The highest BCUT2D eigenvalue weighted by molar-refractivity contribution is 5.97. The Labute approximate surface area is 121 Å². The van der Waals surface area contributed by atoms with Gasteiger partial charge in [-0.3, -0.25) is 9.48 Å². The molecule has 0 spiro atoms. The maximum absolute atomic E-state index is 12.2. The SMILES string of the molecule is CCN(CC)CCCNC(=O)c1c(N)c(C)nn1CC. The number of nitrogens with two attached hydrogens (primary N) is 1. The maximum atomic E-state index is 12.2. The average molecular weight is 281 g/mol. The lowest BCUT2D eigenvalue weighted by molar-refractivity contribution is 0.0942. The predicted octanol–water partition coefficient (Wildman–Crippen LogP) is 1.26. The molecule has 1 amide bonds. The van der Waals surface area contributed by atoms with E-state index >= 15 is 0 Å². The first-order valence-corrected chi connectivity index (χ1v) is 7.38. The maximum Gasteiger partial charge on any atom is 0.271 e. The lowest BCUT2D eigenvalue weighted by Gasteiger charge is -2.17. The summed E-state index contributed by atoms with van der Waals surface area (Å²) in [6.07, 6.45) is 0.937. The molecule has 1 aromatic rings. The quantitative estimate of drug-likeness (QED) is 0.703. The van der Waals surface area contributed by atoms with Gasteiger partial charge in [0, 0.05) is 13.1 Å². The van der Waals surface area contributed by atoms with E-state index in [1.54, 1.807) is 4.68 Å². The first-order chi connectivity index (χ1) is 9.54. The number of nitrogens with one attached hydrogen (secondary N) is 1. The summed E-state index contributed by atoms with van der Waals surface area (Å²) in [4.78, 5) is 14.5. The van der Waals surface area contributed by atoms with Gasteiger partial charge in [-0.05, 0) is 39.9 Å². The van der Waals surface area contributed by atoms with Crippen molar-refractivity contribution in [3.63, 3.8) is 0 Å². The third-order valence-electron chi connectivity index (χ3n) is 3.52. The second-order valence-corrected chi connectivity index (χ2v) is 4.80. The van der Waals surface area contributed by atoms with Crippen molar-refractivity contribution in [3.05, 3.63) is 11.4 Å². The molecule has 1 rings (SSSR count). The highest BCUT2D eigenvalue weighted by Gasteiger charge is 2.18. The Morgan fingerprint density at radius 2 is 2.00 bits per heavy atom. The average Bonchev–Trinajstić information content (AvgIpc) is 2.74. The number of nitrogens with zero attached hydrogens (tertiary/aromatic N) is 3. The minimum absolute atomic E-state index is 0.135. The highest BCUT2D eigenvalue weighted by atomic mass is 16.2. The van der Waals surface area contributed by atoms with Crippen molar-refractivity contribution in [1.82, 2.24) is 20.0 Å². The molecule has 1 heterocycles. The largest absolute Gasteiger partial charge is 0.395 e. The van der Waals surface area contributed by atoms with E-state index in [0.717, 1.165) is 26.1 Å². The summed E-state index contributed by atoms with van der Waals surface area (Å²) in [5.74, 6) is -0.135. The molecular weight excluding hydrogens is 254 g/mol. The summed E-state index contributed by atoms with van der Waals surface area (Å²) >= 11 is 0. The molecule has 0 aromatic carbocycles. The van der Waals surface area contributed by atoms with Crippen LogP contribution in [0.5, 0.6) is 0 Å². The van der Waals surface area contributed by atoms with Gasteiger partial charge >= 0.3 is 0 Å². The van der Waals surface area contributed by atoms with Gasteiger partial charge in [-0.25, -0.2) is 0 Å². The van der Waals surface area contributed by atoms with Crippen LogP contribution in [0.3, 0.4) is 0 Å². The van der Waals surface area contributed by atoms with E-state index in [2.05, 4.69) is 29.2 Å². The van der Waals surface area contributed by atoms with Crippen molar-refractivity contribution in [2.45, 2.75) is 40.7 Å². The fourth-order valence-electron chi connectivity index (χ4n) is 2.19. The molecule has 1 aromatic heterocycles. The summed E-state index contributed by atoms with van der Waals surface area (Å²) in [5.41, 5.74) is 7.59. The van der Waals surface area contributed by atoms with Gasteiger partial charge in [-0.2, -0.15) is 5.10 Å². The number of anilines is 1. The van der Waals surface area contributed by atoms with Crippen LogP contribution in [0.2, 0.25) is 0 Å². The van der Waals surface area contributed by atoms with E-state index in [4.69, 9.17) is 5.73 Å². The molecular formula is C14H27N5O. The second kappa shape index (κ2) is 7.89. The van der Waals surface area contributed by atoms with Crippen molar-refractivity contribution >= 4 is 11.6 Å². The van der Waals surface area contributed by atoms with Crippen LogP contribution in [0.25, 0.3) is 0 Å². The van der Waals surface area contributed by atoms with E-state index < -0.39 is 0 Å². The molecule has 0 bridgehead atoms. The van der Waals surface area contributed by atoms with Gasteiger partial charge in [-0.15, -0.1) is 0 Å². The molecule has 0 aliphatic carbocycles. The number of hydrogen-bond donors (Lipinski definition) is 2. The zero-order valence-electron chi connectivity index (χ0n) is 13.1. The summed E-state index contributed by atoms with van der Waals surface area (Å²) in [7, 11) is 0. The fourth-order valence-corrected chi connectivity index (χ4v) is 2.19. The lowest BCUT2D eigenvalue weighted by atomic mass is 10.3. The molecule has 0 aliphatic heterocycles. The van der Waals surface area contributed by atoms with E-state index in [1.807, 2.05) is 13.8 Å². The Morgan fingerprint density at radius 3 is 2.55 bits per heavy atom. The van der Waals surface area contributed by atoms with Crippen molar-refractivity contribution in [2.24, 2.45) is 0 Å². The first-order valence-electron chi connectivity index (χ1n) is 7.38. The van der Waals surface area contributed by atoms with Crippen LogP contribution >= 0.6 is 0 Å². The van der Waals surface area contributed by atoms with Gasteiger partial charge in [0.2, 0.25) is 0 Å². The molecule has 114 valence electrons.